The van der Waals surface area contributed by atoms with Crippen molar-refractivity contribution in [2.75, 3.05) is 6.54 Å². The van der Waals surface area contributed by atoms with E-state index in [0.717, 1.165) is 19.4 Å². The lowest BCUT2D eigenvalue weighted by molar-refractivity contribution is 0.588. The zero-order valence-corrected chi connectivity index (χ0v) is 10.9. The van der Waals surface area contributed by atoms with E-state index in [0.29, 0.717) is 0 Å². The number of rotatable bonds is 6. The third-order valence-corrected chi connectivity index (χ3v) is 3.02. The highest BCUT2D eigenvalue weighted by atomic mass is 14.9. The lowest BCUT2D eigenvalue weighted by Gasteiger charge is -2.19. The summed E-state index contributed by atoms with van der Waals surface area (Å²) < 4.78 is 0. The van der Waals surface area contributed by atoms with Crippen LogP contribution >= 0.6 is 0 Å². The van der Waals surface area contributed by atoms with Crippen molar-refractivity contribution in [2.24, 2.45) is 0 Å². The first-order valence-electron chi connectivity index (χ1n) is 6.53. The maximum atomic E-state index is 5.28. The van der Waals surface area contributed by atoms with Crippen LogP contribution in [0.3, 0.4) is 0 Å². The van der Waals surface area contributed by atoms with Gasteiger partial charge in [0.05, 0.1) is 6.04 Å². The van der Waals surface area contributed by atoms with Gasteiger partial charge in [0.25, 0.3) is 0 Å². The molecule has 96 valence electrons. The van der Waals surface area contributed by atoms with Gasteiger partial charge in [-0.25, -0.2) is 0 Å². The maximum absolute atomic E-state index is 5.28. The highest BCUT2D eigenvalue weighted by Gasteiger charge is 2.12. The Hall–Kier alpha value is -2.11. The normalized spacial score (nSPS) is 11.7. The number of hydrogen-bond donors (Lipinski definition) is 1. The molecule has 0 bridgehead atoms. The standard InChI is InChI=1S/C17H18N2/c1-2-3-7-12-19-17(15-8-5-4-6-9-15)16-10-13-18-14-11-16/h1,4-6,8-11,13-14,17,19H,3,7,12H2. The molecule has 0 fully saturated rings. The second kappa shape index (κ2) is 7.35. The van der Waals surface area contributed by atoms with Crippen molar-refractivity contribution in [3.8, 4) is 12.3 Å². The molecule has 2 aromatic rings. The summed E-state index contributed by atoms with van der Waals surface area (Å²) in [5.74, 6) is 2.67. The van der Waals surface area contributed by atoms with Crippen molar-refractivity contribution < 1.29 is 0 Å². The smallest absolute Gasteiger partial charge is 0.0577 e. The third-order valence-electron chi connectivity index (χ3n) is 3.02. The van der Waals surface area contributed by atoms with E-state index < -0.39 is 0 Å². The Bertz CT molecular complexity index is 474. The summed E-state index contributed by atoms with van der Waals surface area (Å²) in [6.07, 6.45) is 10.7. The Morgan fingerprint density at radius 1 is 1.05 bits per heavy atom. The minimum atomic E-state index is 0.196. The van der Waals surface area contributed by atoms with Crippen LogP contribution in [-0.4, -0.2) is 11.5 Å². The number of aromatic nitrogens is 1. The molecule has 0 aliphatic rings. The van der Waals surface area contributed by atoms with Gasteiger partial charge in [-0.05, 0) is 36.2 Å². The SMILES string of the molecule is C#CCCCNC(c1ccccc1)c1ccncc1. The van der Waals surface area contributed by atoms with Gasteiger partial charge in [0.15, 0.2) is 0 Å². The molecule has 1 atom stereocenters. The van der Waals surface area contributed by atoms with Crippen LogP contribution in [0.15, 0.2) is 54.9 Å². The van der Waals surface area contributed by atoms with Crippen LogP contribution in [-0.2, 0) is 0 Å². The average molecular weight is 250 g/mol. The number of hydrogen-bond acceptors (Lipinski definition) is 2. The quantitative estimate of drug-likeness (QED) is 0.629. The molecule has 0 aliphatic heterocycles. The number of nitrogens with one attached hydrogen (secondary N) is 1. The van der Waals surface area contributed by atoms with Crippen LogP contribution in [0.25, 0.3) is 0 Å². The molecule has 1 N–H and O–H groups in total. The van der Waals surface area contributed by atoms with Crippen LogP contribution in [0.5, 0.6) is 0 Å². The van der Waals surface area contributed by atoms with Crippen molar-refractivity contribution in [1.82, 2.24) is 10.3 Å². The molecule has 1 heterocycles. The third kappa shape index (κ3) is 3.94. The number of terminal acetylenes is 1. The Morgan fingerprint density at radius 2 is 1.74 bits per heavy atom. The molecule has 0 spiro atoms. The lowest BCUT2D eigenvalue weighted by Crippen LogP contribution is -2.23. The summed E-state index contributed by atoms with van der Waals surface area (Å²) >= 11 is 0. The van der Waals surface area contributed by atoms with Crippen molar-refractivity contribution in [3.63, 3.8) is 0 Å². The van der Waals surface area contributed by atoms with Gasteiger partial charge in [-0.3, -0.25) is 4.98 Å². The molecular weight excluding hydrogens is 232 g/mol. The summed E-state index contributed by atoms with van der Waals surface area (Å²) in [5.41, 5.74) is 2.48. The van der Waals surface area contributed by atoms with Crippen molar-refractivity contribution in [2.45, 2.75) is 18.9 Å². The fourth-order valence-electron chi connectivity index (χ4n) is 2.07. The molecule has 1 aromatic carbocycles. The monoisotopic (exact) mass is 250 g/mol. The molecule has 0 radical (unpaired) electrons. The highest BCUT2D eigenvalue weighted by molar-refractivity contribution is 5.30. The van der Waals surface area contributed by atoms with E-state index in [1.807, 2.05) is 30.6 Å². The van der Waals surface area contributed by atoms with Gasteiger partial charge < -0.3 is 5.32 Å². The van der Waals surface area contributed by atoms with E-state index in [4.69, 9.17) is 6.42 Å². The first-order valence-corrected chi connectivity index (χ1v) is 6.53. The minimum absolute atomic E-state index is 0.196. The van der Waals surface area contributed by atoms with Gasteiger partial charge in [0.2, 0.25) is 0 Å². The Balaban J connectivity index is 2.13. The first-order chi connectivity index (χ1) is 9.42. The largest absolute Gasteiger partial charge is 0.306 e. The molecule has 2 heteroatoms. The molecule has 1 unspecified atom stereocenters. The lowest BCUT2D eigenvalue weighted by atomic mass is 9.99. The fraction of sp³-hybridized carbons (Fsp3) is 0.235. The fourth-order valence-corrected chi connectivity index (χ4v) is 2.07. The van der Waals surface area contributed by atoms with E-state index in [1.54, 1.807) is 0 Å². The van der Waals surface area contributed by atoms with E-state index in [1.165, 1.54) is 11.1 Å². The first kappa shape index (κ1) is 13.3. The van der Waals surface area contributed by atoms with E-state index >= 15 is 0 Å². The molecule has 2 rings (SSSR count). The highest BCUT2D eigenvalue weighted by Crippen LogP contribution is 2.21. The van der Waals surface area contributed by atoms with Gasteiger partial charge in [-0.1, -0.05) is 30.3 Å². The van der Waals surface area contributed by atoms with Gasteiger partial charge in [0, 0.05) is 18.8 Å². The maximum Gasteiger partial charge on any atom is 0.0577 e. The van der Waals surface area contributed by atoms with Gasteiger partial charge >= 0.3 is 0 Å². The van der Waals surface area contributed by atoms with Crippen LogP contribution in [0, 0.1) is 12.3 Å². The molecule has 0 saturated heterocycles. The van der Waals surface area contributed by atoms with Crippen molar-refractivity contribution in [1.29, 1.82) is 0 Å². The minimum Gasteiger partial charge on any atom is -0.306 e. The zero-order valence-electron chi connectivity index (χ0n) is 10.9. The molecule has 0 saturated carbocycles. The van der Waals surface area contributed by atoms with Crippen molar-refractivity contribution in [3.05, 3.63) is 66.0 Å². The van der Waals surface area contributed by atoms with Gasteiger partial charge in [-0.15, -0.1) is 12.3 Å². The van der Waals surface area contributed by atoms with Crippen LogP contribution in [0.1, 0.15) is 30.0 Å². The molecular formula is C17H18N2. The molecule has 1 aromatic heterocycles. The van der Waals surface area contributed by atoms with Gasteiger partial charge in [-0.2, -0.15) is 0 Å². The van der Waals surface area contributed by atoms with Gasteiger partial charge in [0.1, 0.15) is 0 Å². The Labute approximate surface area is 114 Å². The molecule has 0 amide bonds. The summed E-state index contributed by atoms with van der Waals surface area (Å²) in [6, 6.07) is 14.7. The number of unbranched alkanes of at least 4 members (excludes halogenated alkanes) is 1. The summed E-state index contributed by atoms with van der Waals surface area (Å²) in [7, 11) is 0. The average Bonchev–Trinajstić information content (AvgIpc) is 2.49. The number of pyridine rings is 1. The summed E-state index contributed by atoms with van der Waals surface area (Å²) in [5, 5.41) is 3.56. The predicted molar refractivity (Wildman–Crippen MR) is 78.6 cm³/mol. The van der Waals surface area contributed by atoms with Crippen LogP contribution in [0.4, 0.5) is 0 Å². The molecule has 2 nitrogen and oxygen atoms in total. The van der Waals surface area contributed by atoms with Crippen LogP contribution in [0.2, 0.25) is 0 Å². The second-order valence-corrected chi connectivity index (χ2v) is 4.39. The Kier molecular flexibility index (Phi) is 5.16. The zero-order chi connectivity index (χ0) is 13.3. The summed E-state index contributed by atoms with van der Waals surface area (Å²) in [6.45, 7) is 0.909. The number of benzene rings is 1. The van der Waals surface area contributed by atoms with Crippen molar-refractivity contribution >= 4 is 0 Å². The predicted octanol–water partition coefficient (Wildman–Crippen LogP) is 3.17. The van der Waals surface area contributed by atoms with E-state index in [-0.39, 0.29) is 6.04 Å². The van der Waals surface area contributed by atoms with E-state index in [2.05, 4.69) is 40.5 Å². The second-order valence-electron chi connectivity index (χ2n) is 4.39. The number of nitrogens with zero attached hydrogens (tertiary/aromatic N) is 1. The summed E-state index contributed by atoms with van der Waals surface area (Å²) in [4.78, 5) is 4.08. The van der Waals surface area contributed by atoms with Crippen LogP contribution < -0.4 is 5.32 Å². The molecule has 0 aliphatic carbocycles. The topological polar surface area (TPSA) is 24.9 Å². The Morgan fingerprint density at radius 3 is 2.42 bits per heavy atom. The van der Waals surface area contributed by atoms with E-state index in [9.17, 15) is 0 Å². The molecule has 19 heavy (non-hydrogen) atoms.